The Morgan fingerprint density at radius 3 is 2.45 bits per heavy atom. The molecule has 1 saturated carbocycles. The highest BCUT2D eigenvalue weighted by Gasteiger charge is 2.50. The van der Waals surface area contributed by atoms with E-state index in [0.29, 0.717) is 12.8 Å². The number of nitrogens with zero attached hydrogens (tertiary/aromatic N) is 1. The molecule has 0 aromatic carbocycles. The van der Waals surface area contributed by atoms with Crippen molar-refractivity contribution in [3.8, 4) is 0 Å². The van der Waals surface area contributed by atoms with Crippen LogP contribution in [0.5, 0.6) is 0 Å². The zero-order valence-corrected chi connectivity index (χ0v) is 13.7. The largest absolute Gasteiger partial charge is 0.481 e. The highest BCUT2D eigenvalue weighted by atomic mass is 16.4. The number of nitrogens with two attached hydrogens (primary N) is 1. The highest BCUT2D eigenvalue weighted by Crippen LogP contribution is 2.44. The molecule has 0 saturated heterocycles. The lowest BCUT2D eigenvalue weighted by atomic mass is 9.77. The number of amidine groups is 1. The predicted molar refractivity (Wildman–Crippen MR) is 87.3 cm³/mol. The number of hydrogen-bond donors (Lipinski definition) is 4. The van der Waals surface area contributed by atoms with Gasteiger partial charge in [-0.25, -0.2) is 0 Å². The van der Waals surface area contributed by atoms with Crippen molar-refractivity contribution in [2.75, 3.05) is 0 Å². The first-order chi connectivity index (χ1) is 10.4. The lowest BCUT2D eigenvalue weighted by Gasteiger charge is -2.33. The van der Waals surface area contributed by atoms with E-state index < -0.39 is 18.0 Å². The van der Waals surface area contributed by atoms with Crippen LogP contribution in [0, 0.1) is 29.1 Å². The van der Waals surface area contributed by atoms with Crippen molar-refractivity contribution in [2.24, 2.45) is 34.4 Å². The minimum absolute atomic E-state index is 0.0389. The minimum atomic E-state index is -0.979. The Bertz CT molecular complexity index is 421. The average molecular weight is 311 g/mol. The van der Waals surface area contributed by atoms with Crippen LogP contribution in [-0.2, 0) is 4.79 Å². The van der Waals surface area contributed by atoms with Gasteiger partial charge in [-0.05, 0) is 31.4 Å². The maximum Gasteiger partial charge on any atom is 0.309 e. The van der Waals surface area contributed by atoms with E-state index in [9.17, 15) is 15.0 Å². The number of carbonyl (C=O) groups is 1. The molecule has 0 aliphatic heterocycles. The number of nitrogens with one attached hydrogen (secondary N) is 1. The Morgan fingerprint density at radius 1 is 1.45 bits per heavy atom. The smallest absolute Gasteiger partial charge is 0.309 e. The van der Waals surface area contributed by atoms with Gasteiger partial charge in [0.15, 0.2) is 0 Å². The molecule has 22 heavy (non-hydrogen) atoms. The van der Waals surface area contributed by atoms with Crippen LogP contribution in [0.2, 0.25) is 0 Å². The van der Waals surface area contributed by atoms with Gasteiger partial charge >= 0.3 is 5.97 Å². The number of aliphatic carboxylic acids is 1. The summed E-state index contributed by atoms with van der Waals surface area (Å²) in [6.07, 6.45) is 3.32. The Labute approximate surface area is 132 Å². The first-order valence-electron chi connectivity index (χ1n) is 8.08. The molecule has 6 nitrogen and oxygen atoms in total. The van der Waals surface area contributed by atoms with Crippen molar-refractivity contribution in [1.29, 1.82) is 5.41 Å². The number of carboxylic acid groups (broad SMARTS) is 1. The predicted octanol–water partition coefficient (Wildman–Crippen LogP) is 1.91. The second kappa shape index (κ2) is 8.27. The number of aliphatic hydroxyl groups is 1. The molecule has 1 fully saturated rings. The molecule has 0 aromatic rings. The molecule has 0 spiro atoms. The molecular formula is C16H29N3O3. The van der Waals surface area contributed by atoms with Gasteiger partial charge in [0.25, 0.3) is 0 Å². The van der Waals surface area contributed by atoms with Crippen molar-refractivity contribution in [1.82, 2.24) is 0 Å². The normalized spacial score (nSPS) is 30.0. The minimum Gasteiger partial charge on any atom is -0.481 e. The van der Waals surface area contributed by atoms with Gasteiger partial charge in [-0.1, -0.05) is 26.7 Å². The van der Waals surface area contributed by atoms with Crippen molar-refractivity contribution in [3.63, 3.8) is 0 Å². The first kappa shape index (κ1) is 18.6. The van der Waals surface area contributed by atoms with E-state index in [0.717, 1.165) is 12.8 Å². The Kier molecular flexibility index (Phi) is 7.00. The maximum atomic E-state index is 11.4. The average Bonchev–Trinajstić information content (AvgIpc) is 2.75. The molecule has 5 N–H and O–H groups in total. The summed E-state index contributed by atoms with van der Waals surface area (Å²) in [6, 6.07) is -0.122. The van der Waals surface area contributed by atoms with Gasteiger partial charge in [0.1, 0.15) is 0 Å². The summed E-state index contributed by atoms with van der Waals surface area (Å²) in [7, 11) is 0. The van der Waals surface area contributed by atoms with Crippen LogP contribution in [0.25, 0.3) is 0 Å². The monoisotopic (exact) mass is 311 g/mol. The molecule has 0 radical (unpaired) electrons. The number of aliphatic imine (C=N–C) groups is 1. The summed E-state index contributed by atoms with van der Waals surface area (Å²) in [4.78, 5) is 16.0. The van der Waals surface area contributed by atoms with E-state index in [-0.39, 0.29) is 29.6 Å². The fourth-order valence-corrected chi connectivity index (χ4v) is 3.88. The van der Waals surface area contributed by atoms with Gasteiger partial charge in [0.05, 0.1) is 23.9 Å². The fraction of sp³-hybridized carbons (Fsp3) is 0.812. The van der Waals surface area contributed by atoms with Crippen molar-refractivity contribution in [3.05, 3.63) is 0 Å². The second-order valence-corrected chi connectivity index (χ2v) is 6.21. The number of hydrogen-bond acceptors (Lipinski definition) is 4. The molecule has 1 aliphatic rings. The summed E-state index contributed by atoms with van der Waals surface area (Å²) >= 11 is 0. The summed E-state index contributed by atoms with van der Waals surface area (Å²) in [5, 5.41) is 27.4. The van der Waals surface area contributed by atoms with Crippen molar-refractivity contribution >= 4 is 18.0 Å². The molecule has 1 rings (SSSR count). The Morgan fingerprint density at radius 2 is 2.05 bits per heavy atom. The quantitative estimate of drug-likeness (QED) is 0.404. The Balaban J connectivity index is 3.15. The third kappa shape index (κ3) is 4.06. The molecular weight excluding hydrogens is 282 g/mol. The molecule has 5 atom stereocenters. The summed E-state index contributed by atoms with van der Waals surface area (Å²) in [5.41, 5.74) is 5.53. The van der Waals surface area contributed by atoms with E-state index in [4.69, 9.17) is 11.1 Å². The van der Waals surface area contributed by atoms with Crippen LogP contribution >= 0.6 is 0 Å². The summed E-state index contributed by atoms with van der Waals surface area (Å²) < 4.78 is 0. The van der Waals surface area contributed by atoms with Crippen LogP contribution in [0.3, 0.4) is 0 Å². The van der Waals surface area contributed by atoms with E-state index in [2.05, 4.69) is 18.8 Å². The number of carboxylic acids is 1. The van der Waals surface area contributed by atoms with Crippen LogP contribution < -0.4 is 5.73 Å². The van der Waals surface area contributed by atoms with Crippen LogP contribution in [0.1, 0.15) is 46.5 Å². The molecule has 6 heteroatoms. The second-order valence-electron chi connectivity index (χ2n) is 6.21. The van der Waals surface area contributed by atoms with Gasteiger partial charge in [-0.3, -0.25) is 15.2 Å². The third-order valence-corrected chi connectivity index (χ3v) is 4.95. The summed E-state index contributed by atoms with van der Waals surface area (Å²) in [6.45, 7) is 6.01. The van der Waals surface area contributed by atoms with E-state index in [1.165, 1.54) is 0 Å². The molecule has 0 amide bonds. The van der Waals surface area contributed by atoms with E-state index in [1.807, 2.05) is 6.92 Å². The van der Waals surface area contributed by atoms with Gasteiger partial charge in [-0.15, -0.1) is 0 Å². The van der Waals surface area contributed by atoms with Crippen LogP contribution in [-0.4, -0.2) is 40.4 Å². The highest BCUT2D eigenvalue weighted by molar-refractivity contribution is 5.77. The Hall–Kier alpha value is -1.43. The fourth-order valence-electron chi connectivity index (χ4n) is 3.88. The lowest BCUT2D eigenvalue weighted by molar-refractivity contribution is -0.145. The van der Waals surface area contributed by atoms with Gasteiger partial charge in [0.2, 0.25) is 0 Å². The first-order valence-corrected chi connectivity index (χ1v) is 8.08. The van der Waals surface area contributed by atoms with Gasteiger partial charge in [0, 0.05) is 12.3 Å². The van der Waals surface area contributed by atoms with E-state index >= 15 is 0 Å². The van der Waals surface area contributed by atoms with Crippen molar-refractivity contribution in [2.45, 2.75) is 58.6 Å². The van der Waals surface area contributed by atoms with Crippen LogP contribution in [0.15, 0.2) is 4.99 Å². The van der Waals surface area contributed by atoms with E-state index in [1.54, 1.807) is 6.21 Å². The molecule has 0 heterocycles. The number of rotatable bonds is 8. The lowest BCUT2D eigenvalue weighted by Crippen LogP contribution is -2.39. The van der Waals surface area contributed by atoms with Crippen molar-refractivity contribution < 1.29 is 15.0 Å². The standard InChI is InChI=1S/C16H29N3O3/c1-4-9(5-2)14(19-6-3)13-10(8-12(17)18)7-11(15(13)20)16(21)22/h6,9-11,13-15,20H,4-5,7-8H2,1-3H3,(H3,17,18)(H,21,22)/t10-,11-,13+,14?,15+/m0/s1. The van der Waals surface area contributed by atoms with Gasteiger partial charge in [-0.2, -0.15) is 0 Å². The molecule has 1 unspecified atom stereocenters. The number of aliphatic hydroxyl groups excluding tert-OH is 1. The topological polar surface area (TPSA) is 120 Å². The summed E-state index contributed by atoms with van der Waals surface area (Å²) in [5.74, 6) is -1.81. The SMILES string of the molecule is CC=NC(C(CC)CC)[C@H]1[C@H](CC(=N)N)C[C@H](C(=O)O)[C@H]1O. The maximum absolute atomic E-state index is 11.4. The van der Waals surface area contributed by atoms with Crippen LogP contribution in [0.4, 0.5) is 0 Å². The zero-order chi connectivity index (χ0) is 16.9. The molecule has 1 aliphatic carbocycles. The molecule has 0 bridgehead atoms. The van der Waals surface area contributed by atoms with Gasteiger partial charge < -0.3 is 15.9 Å². The third-order valence-electron chi connectivity index (χ3n) is 4.95. The molecule has 0 aromatic heterocycles. The molecule has 126 valence electrons. The zero-order valence-electron chi connectivity index (χ0n) is 13.7.